The first kappa shape index (κ1) is 13.1. The van der Waals surface area contributed by atoms with Gasteiger partial charge in [0.2, 0.25) is 5.95 Å². The van der Waals surface area contributed by atoms with Crippen LogP contribution in [0.25, 0.3) is 10.9 Å². The minimum atomic E-state index is 0.139. The van der Waals surface area contributed by atoms with Crippen molar-refractivity contribution < 1.29 is 0 Å². The zero-order valence-corrected chi connectivity index (χ0v) is 12.1. The first-order chi connectivity index (χ1) is 8.49. The highest BCUT2D eigenvalue weighted by Gasteiger charge is 2.16. The van der Waals surface area contributed by atoms with Crippen LogP contribution in [0.3, 0.4) is 0 Å². The zero-order chi connectivity index (χ0) is 13.2. The Kier molecular flexibility index (Phi) is 3.76. The molecule has 0 radical (unpaired) electrons. The third-order valence-electron chi connectivity index (χ3n) is 2.31. The summed E-state index contributed by atoms with van der Waals surface area (Å²) in [5, 5.41) is 5.36. The number of rotatable bonds is 3. The highest BCUT2D eigenvalue weighted by molar-refractivity contribution is 8.00. The number of fused-ring (bicyclic) bond motifs is 1. The smallest absolute Gasteiger partial charge is 0.224 e. The SMILES string of the molecule is CCNc1nc(SC(C)(C)C)c2ccccc2n1. The summed E-state index contributed by atoms with van der Waals surface area (Å²) >= 11 is 1.78. The number of aromatic nitrogens is 2. The lowest BCUT2D eigenvalue weighted by atomic mass is 10.2. The Bertz CT molecular complexity index is 546. The van der Waals surface area contributed by atoms with E-state index < -0.39 is 0 Å². The lowest BCUT2D eigenvalue weighted by molar-refractivity contribution is 0.800. The molecule has 0 saturated heterocycles. The van der Waals surface area contributed by atoms with Gasteiger partial charge >= 0.3 is 0 Å². The van der Waals surface area contributed by atoms with Crippen LogP contribution >= 0.6 is 11.8 Å². The summed E-state index contributed by atoms with van der Waals surface area (Å²) in [7, 11) is 0. The lowest BCUT2D eigenvalue weighted by Gasteiger charge is -2.18. The number of nitrogens with one attached hydrogen (secondary N) is 1. The van der Waals surface area contributed by atoms with E-state index in [9.17, 15) is 0 Å². The third-order valence-corrected chi connectivity index (χ3v) is 3.42. The second-order valence-corrected chi connectivity index (χ2v) is 6.93. The van der Waals surface area contributed by atoms with Gasteiger partial charge in [-0.2, -0.15) is 0 Å². The molecule has 0 aliphatic heterocycles. The van der Waals surface area contributed by atoms with Crippen molar-refractivity contribution in [2.24, 2.45) is 0 Å². The number of para-hydroxylation sites is 1. The molecule has 96 valence electrons. The van der Waals surface area contributed by atoms with Gasteiger partial charge in [-0.1, -0.05) is 50.7 Å². The molecule has 0 aliphatic carbocycles. The summed E-state index contributed by atoms with van der Waals surface area (Å²) < 4.78 is 0.139. The maximum atomic E-state index is 4.62. The molecule has 0 fully saturated rings. The number of thioether (sulfide) groups is 1. The second kappa shape index (κ2) is 5.14. The molecule has 0 amide bonds. The molecular formula is C14H19N3S. The molecule has 2 aromatic rings. The fourth-order valence-corrected chi connectivity index (χ4v) is 2.65. The Balaban J connectivity index is 2.53. The number of hydrogen-bond acceptors (Lipinski definition) is 4. The van der Waals surface area contributed by atoms with Crippen LogP contribution in [0.2, 0.25) is 0 Å². The minimum Gasteiger partial charge on any atom is -0.354 e. The summed E-state index contributed by atoms with van der Waals surface area (Å²) in [4.78, 5) is 9.14. The molecule has 0 saturated carbocycles. The normalized spacial score (nSPS) is 11.8. The van der Waals surface area contributed by atoms with Gasteiger partial charge < -0.3 is 5.32 Å². The van der Waals surface area contributed by atoms with Crippen LogP contribution in [0.5, 0.6) is 0 Å². The zero-order valence-electron chi connectivity index (χ0n) is 11.3. The molecule has 0 unspecified atom stereocenters. The quantitative estimate of drug-likeness (QED) is 0.670. The topological polar surface area (TPSA) is 37.8 Å². The molecule has 0 atom stereocenters. The van der Waals surface area contributed by atoms with Crippen molar-refractivity contribution in [3.05, 3.63) is 24.3 Å². The van der Waals surface area contributed by atoms with Crippen LogP contribution in [0.15, 0.2) is 29.3 Å². The molecule has 1 N–H and O–H groups in total. The van der Waals surface area contributed by atoms with Gasteiger partial charge in [-0.25, -0.2) is 9.97 Å². The first-order valence-electron chi connectivity index (χ1n) is 6.19. The molecule has 1 aromatic heterocycles. The van der Waals surface area contributed by atoms with E-state index in [1.165, 1.54) is 0 Å². The van der Waals surface area contributed by atoms with Gasteiger partial charge in [0.25, 0.3) is 0 Å². The van der Waals surface area contributed by atoms with Gasteiger partial charge in [-0.15, -0.1) is 0 Å². The number of benzene rings is 1. The average Bonchev–Trinajstić information content (AvgIpc) is 2.27. The number of hydrogen-bond donors (Lipinski definition) is 1. The van der Waals surface area contributed by atoms with Gasteiger partial charge in [0.15, 0.2) is 0 Å². The second-order valence-electron chi connectivity index (χ2n) is 5.11. The lowest BCUT2D eigenvalue weighted by Crippen LogP contribution is -2.09. The fraction of sp³-hybridized carbons (Fsp3) is 0.429. The predicted molar refractivity (Wildman–Crippen MR) is 79.3 cm³/mol. The molecule has 18 heavy (non-hydrogen) atoms. The Hall–Kier alpha value is -1.29. The summed E-state index contributed by atoms with van der Waals surface area (Å²) in [6.45, 7) is 9.47. The van der Waals surface area contributed by atoms with Crippen LogP contribution in [0, 0.1) is 0 Å². The molecular weight excluding hydrogens is 242 g/mol. The maximum absolute atomic E-state index is 4.62. The molecule has 1 heterocycles. The summed E-state index contributed by atoms with van der Waals surface area (Å²) in [5.41, 5.74) is 0.996. The Morgan fingerprint density at radius 2 is 1.89 bits per heavy atom. The molecule has 4 heteroatoms. The highest BCUT2D eigenvalue weighted by atomic mass is 32.2. The van der Waals surface area contributed by atoms with Gasteiger partial charge in [0, 0.05) is 16.7 Å². The summed E-state index contributed by atoms with van der Waals surface area (Å²) in [5.74, 6) is 0.711. The van der Waals surface area contributed by atoms with Crippen LogP contribution in [0.4, 0.5) is 5.95 Å². The first-order valence-corrected chi connectivity index (χ1v) is 7.01. The number of anilines is 1. The highest BCUT2D eigenvalue weighted by Crippen LogP contribution is 2.35. The standard InChI is InChI=1S/C14H19N3S/c1-5-15-13-16-11-9-7-6-8-10(11)12(17-13)18-14(2,3)4/h6-9H,5H2,1-4H3,(H,15,16,17). The van der Waals surface area contributed by atoms with Crippen molar-refractivity contribution in [2.75, 3.05) is 11.9 Å². The van der Waals surface area contributed by atoms with Crippen molar-refractivity contribution in [3.8, 4) is 0 Å². The van der Waals surface area contributed by atoms with Crippen molar-refractivity contribution in [2.45, 2.75) is 37.5 Å². The third kappa shape index (κ3) is 3.13. The average molecular weight is 261 g/mol. The fourth-order valence-electron chi connectivity index (χ4n) is 1.65. The number of nitrogens with zero attached hydrogens (tertiary/aromatic N) is 2. The van der Waals surface area contributed by atoms with E-state index in [1.807, 2.05) is 18.2 Å². The van der Waals surface area contributed by atoms with E-state index in [0.29, 0.717) is 5.95 Å². The Labute approximate surface area is 112 Å². The molecule has 0 spiro atoms. The van der Waals surface area contributed by atoms with E-state index in [-0.39, 0.29) is 4.75 Å². The van der Waals surface area contributed by atoms with E-state index in [1.54, 1.807) is 11.8 Å². The molecule has 2 rings (SSSR count). The Morgan fingerprint density at radius 1 is 1.17 bits per heavy atom. The summed E-state index contributed by atoms with van der Waals surface area (Å²) in [6, 6.07) is 8.16. The van der Waals surface area contributed by atoms with E-state index in [4.69, 9.17) is 0 Å². The van der Waals surface area contributed by atoms with Gasteiger partial charge in [0.05, 0.1) is 5.52 Å². The van der Waals surface area contributed by atoms with Crippen LogP contribution in [-0.4, -0.2) is 21.3 Å². The minimum absolute atomic E-state index is 0.139. The largest absolute Gasteiger partial charge is 0.354 e. The Morgan fingerprint density at radius 3 is 2.56 bits per heavy atom. The van der Waals surface area contributed by atoms with Crippen LogP contribution < -0.4 is 5.32 Å². The molecule has 0 aliphatic rings. The predicted octanol–water partition coefficient (Wildman–Crippen LogP) is 3.95. The van der Waals surface area contributed by atoms with Gasteiger partial charge in [0.1, 0.15) is 5.03 Å². The van der Waals surface area contributed by atoms with Crippen molar-refractivity contribution in [3.63, 3.8) is 0 Å². The molecule has 0 bridgehead atoms. The van der Waals surface area contributed by atoms with Gasteiger partial charge in [-0.3, -0.25) is 0 Å². The van der Waals surface area contributed by atoms with Crippen molar-refractivity contribution in [1.29, 1.82) is 0 Å². The van der Waals surface area contributed by atoms with Crippen molar-refractivity contribution in [1.82, 2.24) is 9.97 Å². The maximum Gasteiger partial charge on any atom is 0.224 e. The van der Waals surface area contributed by atoms with Crippen molar-refractivity contribution >= 4 is 28.6 Å². The van der Waals surface area contributed by atoms with E-state index in [0.717, 1.165) is 22.5 Å². The van der Waals surface area contributed by atoms with Crippen LogP contribution in [-0.2, 0) is 0 Å². The van der Waals surface area contributed by atoms with Gasteiger partial charge in [-0.05, 0) is 13.0 Å². The van der Waals surface area contributed by atoms with Crippen LogP contribution in [0.1, 0.15) is 27.7 Å². The summed E-state index contributed by atoms with van der Waals surface area (Å²) in [6.07, 6.45) is 0. The molecule has 1 aromatic carbocycles. The van der Waals surface area contributed by atoms with E-state index in [2.05, 4.69) is 49.0 Å². The molecule has 3 nitrogen and oxygen atoms in total. The van der Waals surface area contributed by atoms with E-state index >= 15 is 0 Å². The monoisotopic (exact) mass is 261 g/mol.